The first-order valence-corrected chi connectivity index (χ1v) is 15.1. The van der Waals surface area contributed by atoms with E-state index < -0.39 is 18.2 Å². The summed E-state index contributed by atoms with van der Waals surface area (Å²) in [4.78, 5) is 38.4. The molecule has 38 heavy (non-hydrogen) atoms. The van der Waals surface area contributed by atoms with Crippen LogP contribution in [0.4, 0.5) is 4.79 Å². The van der Waals surface area contributed by atoms with Gasteiger partial charge in [-0.15, -0.1) is 0 Å². The molecule has 0 aliphatic rings. The Morgan fingerprint density at radius 3 is 1.55 bits per heavy atom. The van der Waals surface area contributed by atoms with Gasteiger partial charge >= 0.3 is 12.1 Å². The van der Waals surface area contributed by atoms with Crippen molar-refractivity contribution < 1.29 is 28.6 Å². The molecule has 0 spiro atoms. The molecular weight excluding hydrogens is 484 g/mol. The molecule has 0 saturated carbocycles. The smallest absolute Gasteiger partial charge is 0.416 e. The molecule has 0 N–H and O–H groups in total. The van der Waals surface area contributed by atoms with E-state index in [9.17, 15) is 14.4 Å². The summed E-state index contributed by atoms with van der Waals surface area (Å²) < 4.78 is 16.1. The van der Waals surface area contributed by atoms with Crippen LogP contribution in [0.3, 0.4) is 0 Å². The van der Waals surface area contributed by atoms with Crippen LogP contribution in [0.25, 0.3) is 0 Å². The first kappa shape index (κ1) is 36.3. The molecule has 1 atom stereocenters. The number of hydrogen-bond acceptors (Lipinski definition) is 7. The summed E-state index contributed by atoms with van der Waals surface area (Å²) in [7, 11) is 3.72. The molecule has 8 nitrogen and oxygen atoms in total. The van der Waals surface area contributed by atoms with E-state index in [2.05, 4.69) is 6.92 Å². The number of nitrogens with zero attached hydrogens (tertiary/aromatic N) is 2. The summed E-state index contributed by atoms with van der Waals surface area (Å²) in [5, 5.41) is 0. The predicted octanol–water partition coefficient (Wildman–Crippen LogP) is 6.74. The Bertz CT molecular complexity index is 599. The minimum Gasteiger partial charge on any atom is -0.456 e. The van der Waals surface area contributed by atoms with E-state index in [1.54, 1.807) is 0 Å². The van der Waals surface area contributed by atoms with Crippen LogP contribution in [0.15, 0.2) is 0 Å². The molecular formula is C30H58N2O6. The maximum atomic E-state index is 12.3. The zero-order valence-corrected chi connectivity index (χ0v) is 25.3. The van der Waals surface area contributed by atoms with Crippen molar-refractivity contribution in [2.24, 2.45) is 0 Å². The second-order valence-corrected chi connectivity index (χ2v) is 10.7. The molecule has 0 aliphatic heterocycles. The van der Waals surface area contributed by atoms with Crippen molar-refractivity contribution in [2.45, 2.75) is 130 Å². The van der Waals surface area contributed by atoms with Crippen LogP contribution in [-0.4, -0.2) is 80.9 Å². The van der Waals surface area contributed by atoms with Crippen molar-refractivity contribution in [1.82, 2.24) is 9.80 Å². The number of esters is 1. The van der Waals surface area contributed by atoms with Crippen molar-refractivity contribution in [3.63, 3.8) is 0 Å². The SMILES string of the molecule is CCCCCCCCCCCCCCCCCCOCC(COC(=O)N(CCN(C)C)C(C)=O)OC(C)=O. The number of carbonyl (C=O) groups is 3. The third kappa shape index (κ3) is 23.4. The van der Waals surface area contributed by atoms with E-state index in [0.717, 1.165) is 17.7 Å². The maximum absolute atomic E-state index is 12.3. The third-order valence-corrected chi connectivity index (χ3v) is 6.54. The lowest BCUT2D eigenvalue weighted by Gasteiger charge is -2.22. The third-order valence-electron chi connectivity index (χ3n) is 6.54. The molecule has 0 radical (unpaired) electrons. The molecule has 0 aliphatic carbocycles. The molecule has 0 rings (SSSR count). The molecule has 0 heterocycles. The summed E-state index contributed by atoms with van der Waals surface area (Å²) in [6.45, 7) is 6.24. The first-order chi connectivity index (χ1) is 18.3. The lowest BCUT2D eigenvalue weighted by Crippen LogP contribution is -2.41. The molecule has 0 aromatic carbocycles. The van der Waals surface area contributed by atoms with E-state index in [4.69, 9.17) is 14.2 Å². The topological polar surface area (TPSA) is 85.4 Å². The quantitative estimate of drug-likeness (QED) is 0.0932. The summed E-state index contributed by atoms with van der Waals surface area (Å²) in [6, 6.07) is 0. The van der Waals surface area contributed by atoms with E-state index in [0.29, 0.717) is 13.2 Å². The van der Waals surface area contributed by atoms with Crippen LogP contribution in [0, 0.1) is 0 Å². The zero-order chi connectivity index (χ0) is 28.4. The first-order valence-electron chi connectivity index (χ1n) is 15.1. The van der Waals surface area contributed by atoms with Gasteiger partial charge in [0.05, 0.1) is 6.61 Å². The molecule has 8 heteroatoms. The molecule has 1 unspecified atom stereocenters. The van der Waals surface area contributed by atoms with Gasteiger partial charge in [0.25, 0.3) is 0 Å². The highest BCUT2D eigenvalue weighted by Gasteiger charge is 2.22. The van der Waals surface area contributed by atoms with Crippen molar-refractivity contribution in [3.8, 4) is 0 Å². The van der Waals surface area contributed by atoms with Gasteiger partial charge in [-0.3, -0.25) is 9.59 Å². The van der Waals surface area contributed by atoms with Crippen LogP contribution < -0.4 is 0 Å². The number of likely N-dealkylation sites (N-methyl/N-ethyl adjacent to an activating group) is 1. The number of carbonyl (C=O) groups excluding carboxylic acids is 3. The van der Waals surface area contributed by atoms with Gasteiger partial charge < -0.3 is 19.1 Å². The summed E-state index contributed by atoms with van der Waals surface area (Å²) >= 11 is 0. The standard InChI is InChI=1S/C30H58N2O6/c1-6-7-8-9-10-11-12-13-14-15-16-17-18-19-20-21-24-36-25-29(38-28(3)34)26-37-30(35)32(27(2)33)23-22-31(4)5/h29H,6-26H2,1-5H3. The molecule has 0 aromatic rings. The molecule has 0 fully saturated rings. The average Bonchev–Trinajstić information content (AvgIpc) is 2.85. The highest BCUT2D eigenvalue weighted by molar-refractivity contribution is 5.90. The van der Waals surface area contributed by atoms with E-state index in [1.165, 1.54) is 104 Å². The highest BCUT2D eigenvalue weighted by atomic mass is 16.6. The molecule has 2 amide bonds. The van der Waals surface area contributed by atoms with Crippen molar-refractivity contribution in [2.75, 3.05) is 47.0 Å². The predicted molar refractivity (Wildman–Crippen MR) is 153 cm³/mol. The Morgan fingerprint density at radius 2 is 1.13 bits per heavy atom. The summed E-state index contributed by atoms with van der Waals surface area (Å²) in [5.41, 5.74) is 0. The molecule has 0 aromatic heterocycles. The van der Waals surface area contributed by atoms with Gasteiger partial charge in [0.15, 0.2) is 6.10 Å². The fraction of sp³-hybridized carbons (Fsp3) is 0.900. The Kier molecular flexibility index (Phi) is 24.5. The fourth-order valence-electron chi connectivity index (χ4n) is 4.24. The number of hydrogen-bond donors (Lipinski definition) is 0. The van der Waals surface area contributed by atoms with Gasteiger partial charge in [0, 0.05) is 33.5 Å². The Labute approximate surface area is 233 Å². The van der Waals surface area contributed by atoms with E-state index in [1.807, 2.05) is 19.0 Å². The van der Waals surface area contributed by atoms with Crippen LogP contribution in [0.5, 0.6) is 0 Å². The zero-order valence-electron chi connectivity index (χ0n) is 25.3. The van der Waals surface area contributed by atoms with Gasteiger partial charge in [-0.1, -0.05) is 103 Å². The Morgan fingerprint density at radius 1 is 0.658 bits per heavy atom. The maximum Gasteiger partial charge on any atom is 0.416 e. The average molecular weight is 543 g/mol. The minimum atomic E-state index is -0.741. The van der Waals surface area contributed by atoms with Crippen molar-refractivity contribution in [1.29, 1.82) is 0 Å². The molecule has 224 valence electrons. The number of imide groups is 1. The second kappa shape index (κ2) is 25.6. The summed E-state index contributed by atoms with van der Waals surface area (Å²) in [6.07, 6.45) is 19.7. The van der Waals surface area contributed by atoms with Gasteiger partial charge in [-0.25, -0.2) is 9.69 Å². The number of rotatable bonds is 25. The van der Waals surface area contributed by atoms with Crippen LogP contribution >= 0.6 is 0 Å². The van der Waals surface area contributed by atoms with E-state index >= 15 is 0 Å². The van der Waals surface area contributed by atoms with Crippen molar-refractivity contribution in [3.05, 3.63) is 0 Å². The normalized spacial score (nSPS) is 11.9. The van der Waals surface area contributed by atoms with E-state index in [-0.39, 0.29) is 25.7 Å². The number of ether oxygens (including phenoxy) is 3. The van der Waals surface area contributed by atoms with Crippen LogP contribution in [-0.2, 0) is 23.8 Å². The minimum absolute atomic E-state index is 0.150. The monoisotopic (exact) mass is 542 g/mol. The summed E-state index contributed by atoms with van der Waals surface area (Å²) in [5.74, 6) is -0.853. The fourth-order valence-corrected chi connectivity index (χ4v) is 4.24. The van der Waals surface area contributed by atoms with Gasteiger partial charge in [-0.05, 0) is 20.5 Å². The van der Waals surface area contributed by atoms with Crippen LogP contribution in [0.1, 0.15) is 124 Å². The second-order valence-electron chi connectivity index (χ2n) is 10.7. The number of unbranched alkanes of at least 4 members (excludes halogenated alkanes) is 15. The lowest BCUT2D eigenvalue weighted by molar-refractivity contribution is -0.152. The lowest BCUT2D eigenvalue weighted by atomic mass is 10.0. The largest absolute Gasteiger partial charge is 0.456 e. The van der Waals surface area contributed by atoms with Crippen LogP contribution in [0.2, 0.25) is 0 Å². The highest BCUT2D eigenvalue weighted by Crippen LogP contribution is 2.14. The van der Waals surface area contributed by atoms with Gasteiger partial charge in [-0.2, -0.15) is 0 Å². The molecule has 0 bridgehead atoms. The van der Waals surface area contributed by atoms with Gasteiger partial charge in [0.2, 0.25) is 5.91 Å². The Hall–Kier alpha value is -1.67. The number of amides is 2. The van der Waals surface area contributed by atoms with Crippen molar-refractivity contribution >= 4 is 18.0 Å². The van der Waals surface area contributed by atoms with Gasteiger partial charge in [0.1, 0.15) is 6.61 Å². The Balaban J connectivity index is 3.82. The molecule has 0 saturated heterocycles.